The molecule has 3 nitrogen and oxygen atoms in total. The molecular formula is C17H23NO2. The summed E-state index contributed by atoms with van der Waals surface area (Å²) in [5.41, 5.74) is 0.405. The van der Waals surface area contributed by atoms with E-state index in [1.54, 1.807) is 0 Å². The summed E-state index contributed by atoms with van der Waals surface area (Å²) in [6.45, 7) is 0.0591. The molecule has 108 valence electrons. The number of carbonyl (C=O) groups excluding carboxylic acids is 1. The normalized spacial score (nSPS) is 23.1. The lowest BCUT2D eigenvalue weighted by molar-refractivity contribution is -0.130. The second-order valence-electron chi connectivity index (χ2n) is 6.40. The van der Waals surface area contributed by atoms with Gasteiger partial charge in [-0.15, -0.1) is 0 Å². The van der Waals surface area contributed by atoms with Crippen LogP contribution in [0.3, 0.4) is 0 Å². The zero-order valence-electron chi connectivity index (χ0n) is 11.9. The Bertz CT molecular complexity index is 468. The molecule has 2 fully saturated rings. The molecule has 0 unspecified atom stereocenters. The molecule has 2 aliphatic carbocycles. The predicted molar refractivity (Wildman–Crippen MR) is 78.4 cm³/mol. The lowest BCUT2D eigenvalue weighted by atomic mass is 9.73. The van der Waals surface area contributed by atoms with Gasteiger partial charge in [0.2, 0.25) is 5.91 Å². The largest absolute Gasteiger partial charge is 0.394 e. The number of rotatable bonds is 4. The van der Waals surface area contributed by atoms with Crippen molar-refractivity contribution in [3.8, 4) is 0 Å². The molecular weight excluding hydrogens is 250 g/mol. The number of hydrogen-bond donors (Lipinski definition) is 2. The van der Waals surface area contributed by atoms with Crippen molar-refractivity contribution in [2.75, 3.05) is 6.61 Å². The molecule has 0 spiro atoms. The van der Waals surface area contributed by atoms with Crippen molar-refractivity contribution in [1.29, 1.82) is 0 Å². The molecule has 1 aromatic carbocycles. The van der Waals surface area contributed by atoms with E-state index < -0.39 is 0 Å². The minimum absolute atomic E-state index is 0.0591. The quantitative estimate of drug-likeness (QED) is 0.885. The molecule has 0 atom stereocenters. The topological polar surface area (TPSA) is 49.3 Å². The molecule has 0 aromatic heterocycles. The average Bonchev–Trinajstić information content (AvgIpc) is 2.94. The summed E-state index contributed by atoms with van der Waals surface area (Å²) in [4.78, 5) is 12.9. The molecule has 20 heavy (non-hydrogen) atoms. The van der Waals surface area contributed by atoms with Gasteiger partial charge in [-0.25, -0.2) is 0 Å². The van der Waals surface area contributed by atoms with E-state index >= 15 is 0 Å². The second-order valence-corrected chi connectivity index (χ2v) is 6.40. The maximum absolute atomic E-state index is 12.9. The van der Waals surface area contributed by atoms with Gasteiger partial charge in [-0.3, -0.25) is 4.79 Å². The van der Waals surface area contributed by atoms with E-state index in [1.165, 1.54) is 0 Å². The van der Waals surface area contributed by atoms with E-state index in [2.05, 4.69) is 17.4 Å². The molecule has 2 N–H and O–H groups in total. The van der Waals surface area contributed by atoms with Crippen LogP contribution in [0.1, 0.15) is 50.5 Å². The summed E-state index contributed by atoms with van der Waals surface area (Å²) in [6, 6.07) is 10.1. The Morgan fingerprint density at radius 3 is 2.20 bits per heavy atom. The van der Waals surface area contributed by atoms with Crippen LogP contribution in [0.15, 0.2) is 30.3 Å². The van der Waals surface area contributed by atoms with Crippen LogP contribution in [0.25, 0.3) is 0 Å². The van der Waals surface area contributed by atoms with Gasteiger partial charge in [0.1, 0.15) is 0 Å². The summed E-state index contributed by atoms with van der Waals surface area (Å²) in [5, 5.41) is 12.7. The fraction of sp³-hybridized carbons (Fsp3) is 0.588. The van der Waals surface area contributed by atoms with E-state index in [9.17, 15) is 9.90 Å². The molecule has 1 aromatic rings. The van der Waals surface area contributed by atoms with Crippen LogP contribution in [0.4, 0.5) is 0 Å². The minimum Gasteiger partial charge on any atom is -0.394 e. The van der Waals surface area contributed by atoms with Gasteiger partial charge in [0.15, 0.2) is 0 Å². The number of amides is 1. The number of aliphatic hydroxyl groups excluding tert-OH is 1. The first-order valence-corrected chi connectivity index (χ1v) is 7.70. The Labute approximate surface area is 120 Å². The van der Waals surface area contributed by atoms with E-state index in [0.717, 1.165) is 50.5 Å². The zero-order chi connectivity index (χ0) is 14.1. The van der Waals surface area contributed by atoms with Crippen molar-refractivity contribution in [3.63, 3.8) is 0 Å². The Morgan fingerprint density at radius 1 is 1.05 bits per heavy atom. The van der Waals surface area contributed by atoms with Gasteiger partial charge in [0.25, 0.3) is 0 Å². The highest BCUT2D eigenvalue weighted by atomic mass is 16.3. The molecule has 0 saturated heterocycles. The van der Waals surface area contributed by atoms with Crippen molar-refractivity contribution in [2.45, 2.75) is 55.9 Å². The first-order valence-electron chi connectivity index (χ1n) is 7.70. The Kier molecular flexibility index (Phi) is 3.55. The van der Waals surface area contributed by atoms with Crippen molar-refractivity contribution in [2.24, 2.45) is 0 Å². The summed E-state index contributed by atoms with van der Waals surface area (Å²) < 4.78 is 0. The van der Waals surface area contributed by atoms with Gasteiger partial charge in [-0.2, -0.15) is 0 Å². The van der Waals surface area contributed by atoms with Crippen LogP contribution >= 0.6 is 0 Å². The van der Waals surface area contributed by atoms with Gasteiger partial charge in [-0.05, 0) is 37.7 Å². The third-order valence-electron chi connectivity index (χ3n) is 5.21. The van der Waals surface area contributed by atoms with Crippen molar-refractivity contribution in [3.05, 3.63) is 35.9 Å². The van der Waals surface area contributed by atoms with E-state index in [0.29, 0.717) is 0 Å². The monoisotopic (exact) mass is 273 g/mol. The summed E-state index contributed by atoms with van der Waals surface area (Å²) in [7, 11) is 0. The standard InChI is InChI=1S/C17H23NO2/c19-13-16(9-6-10-16)18-15(20)17(11-4-5-12-17)14-7-2-1-3-8-14/h1-3,7-8,19H,4-6,9-13H2,(H,18,20). The van der Waals surface area contributed by atoms with E-state index in [1.807, 2.05) is 18.2 Å². The maximum atomic E-state index is 12.9. The molecule has 0 radical (unpaired) electrons. The molecule has 0 bridgehead atoms. The van der Waals surface area contributed by atoms with Gasteiger partial charge < -0.3 is 10.4 Å². The van der Waals surface area contributed by atoms with Crippen LogP contribution in [0.5, 0.6) is 0 Å². The van der Waals surface area contributed by atoms with Gasteiger partial charge in [0.05, 0.1) is 17.6 Å². The van der Waals surface area contributed by atoms with Crippen molar-refractivity contribution in [1.82, 2.24) is 5.32 Å². The first-order chi connectivity index (χ1) is 9.71. The van der Waals surface area contributed by atoms with Crippen molar-refractivity contribution >= 4 is 5.91 Å². The molecule has 1 amide bonds. The summed E-state index contributed by atoms with van der Waals surface area (Å²) >= 11 is 0. The Hall–Kier alpha value is -1.35. The minimum atomic E-state index is -0.376. The summed E-state index contributed by atoms with van der Waals surface area (Å²) in [5.74, 6) is 0.120. The first kappa shape index (κ1) is 13.6. The number of carbonyl (C=O) groups is 1. The lowest BCUT2D eigenvalue weighted by Crippen LogP contribution is -2.60. The highest BCUT2D eigenvalue weighted by Crippen LogP contribution is 2.42. The molecule has 3 heteroatoms. The molecule has 2 saturated carbocycles. The third kappa shape index (κ3) is 2.14. The van der Waals surface area contributed by atoms with Crippen LogP contribution in [-0.2, 0) is 10.2 Å². The Morgan fingerprint density at radius 2 is 1.70 bits per heavy atom. The number of hydrogen-bond acceptors (Lipinski definition) is 2. The highest BCUT2D eigenvalue weighted by molar-refractivity contribution is 5.89. The smallest absolute Gasteiger partial charge is 0.231 e. The molecule has 2 aliphatic rings. The SMILES string of the molecule is O=C(NC1(CO)CCC1)C1(c2ccccc2)CCCC1. The van der Waals surface area contributed by atoms with Gasteiger partial charge >= 0.3 is 0 Å². The lowest BCUT2D eigenvalue weighted by Gasteiger charge is -2.43. The van der Waals surface area contributed by atoms with Crippen molar-refractivity contribution < 1.29 is 9.90 Å². The maximum Gasteiger partial charge on any atom is 0.231 e. The average molecular weight is 273 g/mol. The molecule has 0 aliphatic heterocycles. The van der Waals surface area contributed by atoms with Crippen LogP contribution in [-0.4, -0.2) is 23.2 Å². The molecule has 0 heterocycles. The third-order valence-corrected chi connectivity index (χ3v) is 5.21. The number of benzene rings is 1. The number of aliphatic hydroxyl groups is 1. The van der Waals surface area contributed by atoms with Gasteiger partial charge in [0, 0.05) is 0 Å². The van der Waals surface area contributed by atoms with Crippen LogP contribution in [0, 0.1) is 0 Å². The van der Waals surface area contributed by atoms with Crippen LogP contribution < -0.4 is 5.32 Å². The second kappa shape index (κ2) is 5.21. The molecule has 3 rings (SSSR count). The van der Waals surface area contributed by atoms with E-state index in [-0.39, 0.29) is 23.5 Å². The fourth-order valence-corrected chi connectivity index (χ4v) is 3.67. The summed E-state index contributed by atoms with van der Waals surface area (Å²) in [6.07, 6.45) is 6.96. The van der Waals surface area contributed by atoms with Crippen LogP contribution in [0.2, 0.25) is 0 Å². The fourth-order valence-electron chi connectivity index (χ4n) is 3.67. The Balaban J connectivity index is 1.85. The highest BCUT2D eigenvalue weighted by Gasteiger charge is 2.47. The number of nitrogens with one attached hydrogen (secondary N) is 1. The van der Waals surface area contributed by atoms with E-state index in [4.69, 9.17) is 0 Å². The van der Waals surface area contributed by atoms with Gasteiger partial charge in [-0.1, -0.05) is 43.2 Å². The predicted octanol–water partition coefficient (Wildman–Crippen LogP) is 2.53. The zero-order valence-corrected chi connectivity index (χ0v) is 11.9.